The van der Waals surface area contributed by atoms with Crippen molar-refractivity contribution in [1.29, 1.82) is 0 Å². The van der Waals surface area contributed by atoms with E-state index in [4.69, 9.17) is 16.3 Å². The van der Waals surface area contributed by atoms with Crippen LogP contribution in [0.4, 0.5) is 0 Å². The number of aryl methyl sites for hydroxylation is 1. The van der Waals surface area contributed by atoms with Crippen molar-refractivity contribution in [3.05, 3.63) is 62.6 Å². The standard InChI is InChI=1S/C15H14BrClO2/c1-9-3-5-11(17)8-12(9)15(18)13-7-10(16)4-6-14(13)19-2/h3-8,15,18H,1-2H3. The Balaban J connectivity index is 2.51. The minimum absolute atomic E-state index is 0.605. The number of ether oxygens (including phenoxy) is 1. The Morgan fingerprint density at radius 2 is 1.89 bits per heavy atom. The minimum Gasteiger partial charge on any atom is -0.496 e. The highest BCUT2D eigenvalue weighted by molar-refractivity contribution is 9.10. The van der Waals surface area contributed by atoms with Crippen LogP contribution in [0.2, 0.25) is 5.02 Å². The van der Waals surface area contributed by atoms with Crippen LogP contribution in [-0.2, 0) is 0 Å². The van der Waals surface area contributed by atoms with Crippen molar-refractivity contribution < 1.29 is 9.84 Å². The first-order valence-corrected chi connectivity index (χ1v) is 6.97. The smallest absolute Gasteiger partial charge is 0.125 e. The van der Waals surface area contributed by atoms with Gasteiger partial charge in [-0.3, -0.25) is 0 Å². The van der Waals surface area contributed by atoms with Gasteiger partial charge in [-0.05, 0) is 48.4 Å². The summed E-state index contributed by atoms with van der Waals surface area (Å²) in [7, 11) is 1.59. The van der Waals surface area contributed by atoms with E-state index in [9.17, 15) is 5.11 Å². The zero-order valence-corrected chi connectivity index (χ0v) is 13.0. The summed E-state index contributed by atoms with van der Waals surface area (Å²) in [6.07, 6.45) is -0.772. The van der Waals surface area contributed by atoms with E-state index in [1.807, 2.05) is 37.3 Å². The fraction of sp³-hybridized carbons (Fsp3) is 0.200. The van der Waals surface area contributed by atoms with Gasteiger partial charge >= 0.3 is 0 Å². The third-order valence-corrected chi connectivity index (χ3v) is 3.75. The lowest BCUT2D eigenvalue weighted by Gasteiger charge is -2.17. The summed E-state index contributed by atoms with van der Waals surface area (Å²) in [5, 5.41) is 11.2. The monoisotopic (exact) mass is 340 g/mol. The molecule has 0 radical (unpaired) electrons. The molecular weight excluding hydrogens is 328 g/mol. The highest BCUT2D eigenvalue weighted by atomic mass is 79.9. The summed E-state index contributed by atoms with van der Waals surface area (Å²) in [5.74, 6) is 0.648. The van der Waals surface area contributed by atoms with Gasteiger partial charge in [0.1, 0.15) is 11.9 Å². The number of rotatable bonds is 3. The zero-order chi connectivity index (χ0) is 14.0. The van der Waals surface area contributed by atoms with Crippen molar-refractivity contribution in [2.75, 3.05) is 7.11 Å². The maximum absolute atomic E-state index is 10.6. The summed E-state index contributed by atoms with van der Waals surface area (Å²) in [6, 6.07) is 11.0. The summed E-state index contributed by atoms with van der Waals surface area (Å²) in [5.41, 5.74) is 2.48. The predicted molar refractivity (Wildman–Crippen MR) is 80.9 cm³/mol. The third-order valence-electron chi connectivity index (χ3n) is 3.02. The molecule has 1 unspecified atom stereocenters. The molecule has 0 aliphatic heterocycles. The molecule has 0 aromatic heterocycles. The van der Waals surface area contributed by atoms with E-state index >= 15 is 0 Å². The van der Waals surface area contributed by atoms with Gasteiger partial charge in [-0.25, -0.2) is 0 Å². The van der Waals surface area contributed by atoms with Gasteiger partial charge in [0.15, 0.2) is 0 Å². The van der Waals surface area contributed by atoms with Crippen molar-refractivity contribution >= 4 is 27.5 Å². The second-order valence-corrected chi connectivity index (χ2v) is 5.64. The van der Waals surface area contributed by atoms with E-state index in [0.717, 1.165) is 15.6 Å². The molecule has 0 heterocycles. The van der Waals surface area contributed by atoms with Gasteiger partial charge in [0.05, 0.1) is 7.11 Å². The molecule has 0 fully saturated rings. The van der Waals surface area contributed by atoms with Crippen LogP contribution in [0.1, 0.15) is 22.8 Å². The number of aliphatic hydroxyl groups excluding tert-OH is 1. The first-order chi connectivity index (χ1) is 9.02. The van der Waals surface area contributed by atoms with Gasteiger partial charge < -0.3 is 9.84 Å². The first-order valence-electron chi connectivity index (χ1n) is 5.80. The van der Waals surface area contributed by atoms with Crippen LogP contribution < -0.4 is 4.74 Å². The van der Waals surface area contributed by atoms with E-state index in [2.05, 4.69) is 15.9 Å². The average molecular weight is 342 g/mol. The number of aliphatic hydroxyl groups is 1. The number of hydrogen-bond donors (Lipinski definition) is 1. The topological polar surface area (TPSA) is 29.5 Å². The summed E-state index contributed by atoms with van der Waals surface area (Å²) < 4.78 is 6.19. The molecule has 100 valence electrons. The Morgan fingerprint density at radius 1 is 1.16 bits per heavy atom. The van der Waals surface area contributed by atoms with Crippen LogP contribution in [0.25, 0.3) is 0 Å². The number of halogens is 2. The molecule has 0 aliphatic carbocycles. The molecule has 1 N–H and O–H groups in total. The molecule has 2 nitrogen and oxygen atoms in total. The van der Waals surface area contributed by atoms with Crippen molar-refractivity contribution in [1.82, 2.24) is 0 Å². The van der Waals surface area contributed by atoms with Gasteiger partial charge in [-0.1, -0.05) is 33.6 Å². The predicted octanol–water partition coefficient (Wildman–Crippen LogP) is 4.50. The van der Waals surface area contributed by atoms with Crippen LogP contribution in [0, 0.1) is 6.92 Å². The maximum atomic E-state index is 10.6. The van der Waals surface area contributed by atoms with Crippen molar-refractivity contribution in [3.8, 4) is 5.75 Å². The average Bonchev–Trinajstić information content (AvgIpc) is 2.40. The SMILES string of the molecule is COc1ccc(Br)cc1C(O)c1cc(Cl)ccc1C. The van der Waals surface area contributed by atoms with E-state index in [0.29, 0.717) is 16.3 Å². The van der Waals surface area contributed by atoms with E-state index in [1.165, 1.54) is 0 Å². The van der Waals surface area contributed by atoms with Crippen LogP contribution in [0.3, 0.4) is 0 Å². The maximum Gasteiger partial charge on any atom is 0.125 e. The molecule has 19 heavy (non-hydrogen) atoms. The Morgan fingerprint density at radius 3 is 2.58 bits per heavy atom. The molecule has 2 aromatic rings. The fourth-order valence-electron chi connectivity index (χ4n) is 1.99. The minimum atomic E-state index is -0.772. The van der Waals surface area contributed by atoms with Crippen molar-refractivity contribution in [2.24, 2.45) is 0 Å². The molecular formula is C15H14BrClO2. The first kappa shape index (κ1) is 14.4. The van der Waals surface area contributed by atoms with Crippen LogP contribution >= 0.6 is 27.5 Å². The van der Waals surface area contributed by atoms with Gasteiger partial charge in [0.25, 0.3) is 0 Å². The molecule has 2 rings (SSSR count). The lowest BCUT2D eigenvalue weighted by molar-refractivity contribution is 0.214. The fourth-order valence-corrected chi connectivity index (χ4v) is 2.55. The van der Waals surface area contributed by atoms with Crippen molar-refractivity contribution in [2.45, 2.75) is 13.0 Å². The Labute approximate surface area is 126 Å². The summed E-state index contributed by atoms with van der Waals surface area (Å²) in [6.45, 7) is 1.94. The number of methoxy groups -OCH3 is 1. The molecule has 0 amide bonds. The lowest BCUT2D eigenvalue weighted by atomic mass is 9.97. The summed E-state index contributed by atoms with van der Waals surface area (Å²) >= 11 is 9.41. The van der Waals surface area contributed by atoms with Crippen LogP contribution in [0.15, 0.2) is 40.9 Å². The van der Waals surface area contributed by atoms with Gasteiger partial charge in [0, 0.05) is 15.1 Å². The normalized spacial score (nSPS) is 12.3. The van der Waals surface area contributed by atoms with Gasteiger partial charge in [-0.2, -0.15) is 0 Å². The summed E-state index contributed by atoms with van der Waals surface area (Å²) in [4.78, 5) is 0. The quantitative estimate of drug-likeness (QED) is 0.890. The van der Waals surface area contributed by atoms with Crippen LogP contribution in [-0.4, -0.2) is 12.2 Å². The zero-order valence-electron chi connectivity index (χ0n) is 10.7. The third kappa shape index (κ3) is 3.11. The number of hydrogen-bond acceptors (Lipinski definition) is 2. The molecule has 0 saturated carbocycles. The van der Waals surface area contributed by atoms with E-state index in [1.54, 1.807) is 13.2 Å². The Kier molecular flexibility index (Phi) is 4.50. The Hall–Kier alpha value is -1.03. The largest absolute Gasteiger partial charge is 0.496 e. The highest BCUT2D eigenvalue weighted by Crippen LogP contribution is 2.34. The molecule has 0 spiro atoms. The second-order valence-electron chi connectivity index (χ2n) is 4.29. The second kappa shape index (κ2) is 5.95. The van der Waals surface area contributed by atoms with Crippen LogP contribution in [0.5, 0.6) is 5.75 Å². The molecule has 0 aliphatic rings. The Bertz CT molecular complexity index is 599. The van der Waals surface area contributed by atoms with Gasteiger partial charge in [0.2, 0.25) is 0 Å². The molecule has 2 aromatic carbocycles. The molecule has 1 atom stereocenters. The van der Waals surface area contributed by atoms with E-state index < -0.39 is 6.10 Å². The lowest BCUT2D eigenvalue weighted by Crippen LogP contribution is -2.04. The van der Waals surface area contributed by atoms with Crippen molar-refractivity contribution in [3.63, 3.8) is 0 Å². The molecule has 0 bridgehead atoms. The van der Waals surface area contributed by atoms with E-state index in [-0.39, 0.29) is 0 Å². The number of benzene rings is 2. The highest BCUT2D eigenvalue weighted by Gasteiger charge is 2.18. The molecule has 0 saturated heterocycles. The van der Waals surface area contributed by atoms with Gasteiger partial charge in [-0.15, -0.1) is 0 Å². The molecule has 4 heteroatoms.